The number of benzene rings is 1. The standard InChI is InChI=1S/C11H18N2O4S2/c1-18(14,15)10-19(16,17)13(8-7-12)9-11-5-3-2-4-6-11/h2-6H,7-10,12H2,1H3. The van der Waals surface area contributed by atoms with Crippen LogP contribution in [0.25, 0.3) is 0 Å². The second-order valence-electron chi connectivity index (χ2n) is 4.26. The monoisotopic (exact) mass is 306 g/mol. The zero-order valence-electron chi connectivity index (χ0n) is 10.7. The van der Waals surface area contributed by atoms with Crippen molar-refractivity contribution in [2.45, 2.75) is 6.54 Å². The van der Waals surface area contributed by atoms with Crippen molar-refractivity contribution >= 4 is 19.9 Å². The van der Waals surface area contributed by atoms with E-state index in [1.165, 1.54) is 0 Å². The molecule has 0 aromatic heterocycles. The van der Waals surface area contributed by atoms with Crippen LogP contribution in [0.15, 0.2) is 30.3 Å². The molecule has 0 heterocycles. The fourth-order valence-electron chi connectivity index (χ4n) is 1.59. The van der Waals surface area contributed by atoms with Gasteiger partial charge in [-0.05, 0) is 5.56 Å². The number of rotatable bonds is 7. The largest absolute Gasteiger partial charge is 0.329 e. The highest BCUT2D eigenvalue weighted by Crippen LogP contribution is 2.10. The van der Waals surface area contributed by atoms with Gasteiger partial charge in [0.15, 0.2) is 14.9 Å². The van der Waals surface area contributed by atoms with E-state index in [1.807, 2.05) is 6.07 Å². The zero-order chi connectivity index (χ0) is 14.5. The van der Waals surface area contributed by atoms with Crippen LogP contribution in [0.2, 0.25) is 0 Å². The van der Waals surface area contributed by atoms with E-state index < -0.39 is 24.9 Å². The maximum atomic E-state index is 12.0. The van der Waals surface area contributed by atoms with Crippen molar-refractivity contribution in [2.24, 2.45) is 5.73 Å². The van der Waals surface area contributed by atoms with Crippen molar-refractivity contribution in [1.82, 2.24) is 4.31 Å². The van der Waals surface area contributed by atoms with Crippen molar-refractivity contribution in [3.8, 4) is 0 Å². The van der Waals surface area contributed by atoms with Gasteiger partial charge in [0.05, 0.1) is 0 Å². The van der Waals surface area contributed by atoms with Gasteiger partial charge in [0.1, 0.15) is 0 Å². The summed E-state index contributed by atoms with van der Waals surface area (Å²) in [5, 5.41) is -0.896. The minimum Gasteiger partial charge on any atom is -0.329 e. The van der Waals surface area contributed by atoms with Crippen LogP contribution in [0.5, 0.6) is 0 Å². The highest BCUT2D eigenvalue weighted by molar-refractivity contribution is 8.06. The second-order valence-corrected chi connectivity index (χ2v) is 8.74. The van der Waals surface area contributed by atoms with Crippen molar-refractivity contribution in [1.29, 1.82) is 0 Å². The lowest BCUT2D eigenvalue weighted by Gasteiger charge is -2.21. The molecule has 8 heteroatoms. The second kappa shape index (κ2) is 6.47. The van der Waals surface area contributed by atoms with Crippen molar-refractivity contribution in [3.63, 3.8) is 0 Å². The number of hydrogen-bond acceptors (Lipinski definition) is 5. The Kier molecular flexibility index (Phi) is 5.48. The molecule has 1 rings (SSSR count). The third kappa shape index (κ3) is 5.68. The van der Waals surface area contributed by atoms with Gasteiger partial charge in [-0.1, -0.05) is 30.3 Å². The minimum atomic E-state index is -3.88. The van der Waals surface area contributed by atoms with E-state index >= 15 is 0 Å². The molecular formula is C11H18N2O4S2. The van der Waals surface area contributed by atoms with E-state index in [-0.39, 0.29) is 19.6 Å². The van der Waals surface area contributed by atoms with Gasteiger partial charge >= 0.3 is 0 Å². The molecule has 108 valence electrons. The normalized spacial score (nSPS) is 12.8. The molecule has 0 radical (unpaired) electrons. The summed E-state index contributed by atoms with van der Waals surface area (Å²) in [6.07, 6.45) is 0.897. The SMILES string of the molecule is CS(=O)(=O)CS(=O)(=O)N(CCN)Cc1ccccc1. The van der Waals surface area contributed by atoms with E-state index in [2.05, 4.69) is 0 Å². The first kappa shape index (κ1) is 16.1. The average molecular weight is 306 g/mol. The number of nitrogens with zero attached hydrogens (tertiary/aromatic N) is 1. The fraction of sp³-hybridized carbons (Fsp3) is 0.455. The van der Waals surface area contributed by atoms with Crippen LogP contribution >= 0.6 is 0 Å². The van der Waals surface area contributed by atoms with Gasteiger partial charge in [-0.25, -0.2) is 16.8 Å². The van der Waals surface area contributed by atoms with Crippen LogP contribution in [-0.2, 0) is 26.4 Å². The molecule has 0 aliphatic heterocycles. The topological polar surface area (TPSA) is 97.5 Å². The van der Waals surface area contributed by atoms with Crippen molar-refractivity contribution in [2.75, 3.05) is 24.4 Å². The van der Waals surface area contributed by atoms with Gasteiger partial charge in [-0.3, -0.25) is 0 Å². The van der Waals surface area contributed by atoms with Gasteiger partial charge in [0, 0.05) is 25.9 Å². The molecule has 0 bridgehead atoms. The maximum absolute atomic E-state index is 12.0. The van der Waals surface area contributed by atoms with Crippen LogP contribution < -0.4 is 5.73 Å². The van der Waals surface area contributed by atoms with E-state index in [9.17, 15) is 16.8 Å². The summed E-state index contributed by atoms with van der Waals surface area (Å²) in [5.74, 6) is 0. The van der Waals surface area contributed by atoms with Crippen LogP contribution in [0.1, 0.15) is 5.56 Å². The molecular weight excluding hydrogens is 288 g/mol. The molecule has 0 aliphatic rings. The predicted molar refractivity (Wildman–Crippen MR) is 74.5 cm³/mol. The highest BCUT2D eigenvalue weighted by atomic mass is 32.3. The average Bonchev–Trinajstić information content (AvgIpc) is 2.26. The highest BCUT2D eigenvalue weighted by Gasteiger charge is 2.26. The summed E-state index contributed by atoms with van der Waals surface area (Å²) < 4.78 is 47.5. The summed E-state index contributed by atoms with van der Waals surface area (Å²) >= 11 is 0. The molecule has 0 aliphatic carbocycles. The lowest BCUT2D eigenvalue weighted by Crippen LogP contribution is -2.38. The Hall–Kier alpha value is -0.960. The zero-order valence-corrected chi connectivity index (χ0v) is 12.3. The molecule has 2 N–H and O–H groups in total. The predicted octanol–water partition coefficient (Wildman–Crippen LogP) is -0.221. The van der Waals surface area contributed by atoms with Gasteiger partial charge in [0.2, 0.25) is 10.0 Å². The van der Waals surface area contributed by atoms with Crippen LogP contribution in [0.4, 0.5) is 0 Å². The Labute approximate surface area is 114 Å². The molecule has 0 spiro atoms. The summed E-state index contributed by atoms with van der Waals surface area (Å²) in [7, 11) is -7.48. The Morgan fingerprint density at radius 2 is 1.68 bits per heavy atom. The molecule has 0 saturated heterocycles. The summed E-state index contributed by atoms with van der Waals surface area (Å²) in [4.78, 5) is 0. The Bertz CT molecular complexity index is 597. The van der Waals surface area contributed by atoms with Crippen molar-refractivity contribution < 1.29 is 16.8 Å². The molecule has 0 fully saturated rings. The Morgan fingerprint density at radius 3 is 2.16 bits per heavy atom. The van der Waals surface area contributed by atoms with E-state index in [1.54, 1.807) is 24.3 Å². The van der Waals surface area contributed by atoms with Crippen molar-refractivity contribution in [3.05, 3.63) is 35.9 Å². The van der Waals surface area contributed by atoms with Crippen LogP contribution in [-0.4, -0.2) is 45.6 Å². The minimum absolute atomic E-state index is 0.0900. The first-order chi connectivity index (χ1) is 8.74. The molecule has 1 aromatic rings. The Morgan fingerprint density at radius 1 is 1.11 bits per heavy atom. The Balaban J connectivity index is 2.94. The first-order valence-corrected chi connectivity index (χ1v) is 9.31. The third-order valence-electron chi connectivity index (χ3n) is 2.34. The van der Waals surface area contributed by atoms with E-state index in [4.69, 9.17) is 5.73 Å². The fourth-order valence-corrected chi connectivity index (χ4v) is 5.08. The lowest BCUT2D eigenvalue weighted by atomic mass is 10.2. The molecule has 6 nitrogen and oxygen atoms in total. The molecule has 0 saturated carbocycles. The number of nitrogens with two attached hydrogens (primary N) is 1. The smallest absolute Gasteiger partial charge is 0.228 e. The van der Waals surface area contributed by atoms with Gasteiger partial charge in [-0.2, -0.15) is 4.31 Å². The molecule has 0 amide bonds. The van der Waals surface area contributed by atoms with Crippen LogP contribution in [0, 0.1) is 0 Å². The molecule has 0 unspecified atom stereocenters. The molecule has 1 aromatic carbocycles. The lowest BCUT2D eigenvalue weighted by molar-refractivity contribution is 0.416. The third-order valence-corrected chi connectivity index (χ3v) is 6.34. The van der Waals surface area contributed by atoms with Gasteiger partial charge in [0.25, 0.3) is 0 Å². The van der Waals surface area contributed by atoms with Gasteiger partial charge in [-0.15, -0.1) is 0 Å². The number of hydrogen-bond donors (Lipinski definition) is 1. The van der Waals surface area contributed by atoms with Gasteiger partial charge < -0.3 is 5.73 Å². The molecule has 0 atom stereocenters. The quantitative estimate of drug-likeness (QED) is 0.751. The molecule has 19 heavy (non-hydrogen) atoms. The number of sulfone groups is 1. The van der Waals surface area contributed by atoms with Crippen LogP contribution in [0.3, 0.4) is 0 Å². The summed E-state index contributed by atoms with van der Waals surface area (Å²) in [5.41, 5.74) is 6.17. The van der Waals surface area contributed by atoms with E-state index in [0.717, 1.165) is 16.1 Å². The first-order valence-electron chi connectivity index (χ1n) is 5.64. The maximum Gasteiger partial charge on any atom is 0.228 e. The summed E-state index contributed by atoms with van der Waals surface area (Å²) in [6.45, 7) is 0.346. The summed E-state index contributed by atoms with van der Waals surface area (Å²) in [6, 6.07) is 8.96. The van der Waals surface area contributed by atoms with E-state index in [0.29, 0.717) is 0 Å². The number of sulfonamides is 1.